The van der Waals surface area contributed by atoms with Gasteiger partial charge >= 0.3 is 0 Å². The van der Waals surface area contributed by atoms with Gasteiger partial charge in [0.25, 0.3) is 0 Å². The second-order valence-electron chi connectivity index (χ2n) is 7.24. The van der Waals surface area contributed by atoms with Crippen LogP contribution in [0.4, 0.5) is 0 Å². The van der Waals surface area contributed by atoms with Gasteiger partial charge in [0.2, 0.25) is 5.91 Å². The number of hydrogen-bond donors (Lipinski definition) is 1. The number of likely N-dealkylation sites (N-methyl/N-ethyl adjacent to an activating group) is 1. The van der Waals surface area contributed by atoms with Gasteiger partial charge in [-0.2, -0.15) is 0 Å². The topological polar surface area (TPSA) is 53.0 Å². The van der Waals surface area contributed by atoms with E-state index in [0.29, 0.717) is 15.8 Å². The van der Waals surface area contributed by atoms with Gasteiger partial charge in [0.15, 0.2) is 0 Å². The number of likely N-dealkylation sites (tertiary alicyclic amines) is 1. The van der Waals surface area contributed by atoms with Gasteiger partial charge in [-0.3, -0.25) is 4.79 Å². The first-order chi connectivity index (χ1) is 14.0. The molecule has 1 N–H and O–H groups in total. The first-order valence-electron chi connectivity index (χ1n) is 9.73. The van der Waals surface area contributed by atoms with E-state index < -0.39 is 0 Å². The molecule has 3 rings (SSSR count). The van der Waals surface area contributed by atoms with E-state index in [4.69, 9.17) is 33.0 Å². The van der Waals surface area contributed by atoms with Crippen LogP contribution >= 0.6 is 23.2 Å². The summed E-state index contributed by atoms with van der Waals surface area (Å²) in [7, 11) is 1.85. The third kappa shape index (κ3) is 5.86. The monoisotopic (exact) mass is 436 g/mol. The van der Waals surface area contributed by atoms with Crippen molar-refractivity contribution >= 4 is 29.1 Å². The van der Waals surface area contributed by atoms with Crippen molar-refractivity contribution in [2.75, 3.05) is 39.9 Å². The molecule has 0 aromatic heterocycles. The van der Waals surface area contributed by atoms with Crippen molar-refractivity contribution in [1.29, 1.82) is 0 Å². The number of nitrogens with zero attached hydrogens (tertiary/aromatic N) is 2. The first kappa shape index (κ1) is 21.9. The molecular formula is C22H26Cl2N2O3. The number of hydrogen-bond acceptors (Lipinski definition) is 4. The fraction of sp³-hybridized carbons (Fsp3) is 0.409. The van der Waals surface area contributed by atoms with Crippen LogP contribution in [-0.2, 0) is 11.2 Å². The van der Waals surface area contributed by atoms with E-state index in [9.17, 15) is 4.79 Å². The first-order valence-corrected chi connectivity index (χ1v) is 10.5. The molecular weight excluding hydrogens is 411 g/mol. The summed E-state index contributed by atoms with van der Waals surface area (Å²) in [6.07, 6.45) is 1.46. The van der Waals surface area contributed by atoms with Crippen LogP contribution in [0.3, 0.4) is 0 Å². The summed E-state index contributed by atoms with van der Waals surface area (Å²) >= 11 is 12.1. The van der Waals surface area contributed by atoms with Crippen LogP contribution in [-0.4, -0.2) is 60.7 Å². The molecule has 0 radical (unpaired) electrons. The number of carbonyl (C=O) groups is 1. The molecule has 2 aromatic rings. The van der Waals surface area contributed by atoms with Crippen LogP contribution in [0.5, 0.6) is 5.75 Å². The number of rotatable bonds is 9. The number of ether oxygens (including phenoxy) is 1. The standard InChI is InChI=1S/C22H26Cl2N2O3/c1-25(22(28)14-16-3-8-19(23)20(24)13-16)21(15-26-9-2-10-26)17-4-6-18(7-5-17)29-12-11-27/h3-8,13,21,27H,2,9-12,14-15H2,1H3. The second kappa shape index (κ2) is 10.3. The Hall–Kier alpha value is -1.79. The Kier molecular flexibility index (Phi) is 7.78. The van der Waals surface area contributed by atoms with E-state index in [1.165, 1.54) is 6.42 Å². The molecule has 1 amide bonds. The zero-order valence-corrected chi connectivity index (χ0v) is 18.0. The minimum absolute atomic E-state index is 0.0225. The van der Waals surface area contributed by atoms with Crippen molar-refractivity contribution < 1.29 is 14.6 Å². The highest BCUT2D eigenvalue weighted by molar-refractivity contribution is 6.42. The van der Waals surface area contributed by atoms with Crippen LogP contribution in [0.25, 0.3) is 0 Å². The van der Waals surface area contributed by atoms with Crippen molar-refractivity contribution in [2.45, 2.75) is 18.9 Å². The molecule has 0 bridgehead atoms. The van der Waals surface area contributed by atoms with E-state index in [1.807, 2.05) is 42.3 Å². The Balaban J connectivity index is 1.73. The van der Waals surface area contributed by atoms with Gasteiger partial charge in [-0.25, -0.2) is 0 Å². The molecule has 1 saturated heterocycles. The molecule has 1 aliphatic rings. The molecule has 29 heavy (non-hydrogen) atoms. The van der Waals surface area contributed by atoms with Crippen LogP contribution in [0.1, 0.15) is 23.6 Å². The third-order valence-corrected chi connectivity index (χ3v) is 5.94. The molecule has 1 fully saturated rings. The molecule has 2 aromatic carbocycles. The van der Waals surface area contributed by atoms with Gasteiger partial charge < -0.3 is 19.6 Å². The van der Waals surface area contributed by atoms with Crippen molar-refractivity contribution in [3.05, 3.63) is 63.6 Å². The lowest BCUT2D eigenvalue weighted by molar-refractivity contribution is -0.132. The Morgan fingerprint density at radius 2 is 1.90 bits per heavy atom. The Morgan fingerprint density at radius 3 is 2.48 bits per heavy atom. The molecule has 1 aliphatic heterocycles. The van der Waals surface area contributed by atoms with Crippen LogP contribution in [0.15, 0.2) is 42.5 Å². The number of aliphatic hydroxyl groups is 1. The van der Waals surface area contributed by atoms with Crippen LogP contribution < -0.4 is 4.74 Å². The lowest BCUT2D eigenvalue weighted by atomic mass is 10.0. The second-order valence-corrected chi connectivity index (χ2v) is 8.06. The SMILES string of the molecule is CN(C(=O)Cc1ccc(Cl)c(Cl)c1)C(CN1CCC1)c1ccc(OCCO)cc1. The zero-order chi connectivity index (χ0) is 20.8. The van der Waals surface area contributed by atoms with E-state index >= 15 is 0 Å². The number of carbonyl (C=O) groups excluding carboxylic acids is 1. The number of amides is 1. The maximum absolute atomic E-state index is 13.0. The number of halogens is 2. The van der Waals surface area contributed by atoms with Gasteiger partial charge in [0, 0.05) is 13.6 Å². The van der Waals surface area contributed by atoms with Gasteiger partial charge in [-0.15, -0.1) is 0 Å². The third-order valence-electron chi connectivity index (χ3n) is 5.20. The van der Waals surface area contributed by atoms with Crippen molar-refractivity contribution in [3.63, 3.8) is 0 Å². The summed E-state index contributed by atoms with van der Waals surface area (Å²) < 4.78 is 5.45. The number of aliphatic hydroxyl groups excluding tert-OH is 1. The molecule has 0 spiro atoms. The zero-order valence-electron chi connectivity index (χ0n) is 16.5. The highest BCUT2D eigenvalue weighted by atomic mass is 35.5. The van der Waals surface area contributed by atoms with Crippen LogP contribution in [0.2, 0.25) is 10.0 Å². The summed E-state index contributed by atoms with van der Waals surface area (Å²) in [5, 5.41) is 9.84. The van der Waals surface area contributed by atoms with Crippen LogP contribution in [0, 0.1) is 0 Å². The smallest absolute Gasteiger partial charge is 0.227 e. The summed E-state index contributed by atoms with van der Waals surface area (Å²) in [6, 6.07) is 13.0. The maximum Gasteiger partial charge on any atom is 0.227 e. The van der Waals surface area contributed by atoms with E-state index in [1.54, 1.807) is 12.1 Å². The normalized spacial score (nSPS) is 14.9. The largest absolute Gasteiger partial charge is 0.491 e. The fourth-order valence-electron chi connectivity index (χ4n) is 3.33. The minimum Gasteiger partial charge on any atom is -0.491 e. The average Bonchev–Trinajstić information content (AvgIpc) is 2.68. The number of benzene rings is 2. The molecule has 1 unspecified atom stereocenters. The molecule has 0 saturated carbocycles. The Labute approximate surface area is 181 Å². The van der Waals surface area contributed by atoms with Gasteiger partial charge in [-0.05, 0) is 54.9 Å². The van der Waals surface area contributed by atoms with Crippen molar-refractivity contribution in [3.8, 4) is 5.75 Å². The quantitative estimate of drug-likeness (QED) is 0.648. The predicted molar refractivity (Wildman–Crippen MR) is 116 cm³/mol. The van der Waals surface area contributed by atoms with Gasteiger partial charge in [-0.1, -0.05) is 41.4 Å². The molecule has 1 heterocycles. The molecule has 7 heteroatoms. The lowest BCUT2D eigenvalue weighted by Crippen LogP contribution is -2.45. The molecule has 1 atom stereocenters. The maximum atomic E-state index is 13.0. The van der Waals surface area contributed by atoms with Gasteiger partial charge in [0.1, 0.15) is 12.4 Å². The minimum atomic E-state index is -0.0579. The fourth-order valence-corrected chi connectivity index (χ4v) is 3.65. The highest BCUT2D eigenvalue weighted by Gasteiger charge is 2.26. The summed E-state index contributed by atoms with van der Waals surface area (Å²) in [4.78, 5) is 17.2. The predicted octanol–water partition coefficient (Wildman–Crippen LogP) is 3.81. The van der Waals surface area contributed by atoms with Crippen molar-refractivity contribution in [1.82, 2.24) is 9.80 Å². The van der Waals surface area contributed by atoms with E-state index in [0.717, 1.165) is 30.8 Å². The Morgan fingerprint density at radius 1 is 1.17 bits per heavy atom. The highest BCUT2D eigenvalue weighted by Crippen LogP contribution is 2.27. The summed E-state index contributed by atoms with van der Waals surface area (Å²) in [6.45, 7) is 3.15. The summed E-state index contributed by atoms with van der Waals surface area (Å²) in [5.74, 6) is 0.727. The van der Waals surface area contributed by atoms with Gasteiger partial charge in [0.05, 0.1) is 29.1 Å². The van der Waals surface area contributed by atoms with E-state index in [2.05, 4.69) is 4.90 Å². The van der Waals surface area contributed by atoms with Crippen molar-refractivity contribution in [2.24, 2.45) is 0 Å². The summed E-state index contributed by atoms with van der Waals surface area (Å²) in [5.41, 5.74) is 1.89. The molecule has 5 nitrogen and oxygen atoms in total. The Bertz CT molecular complexity index is 825. The lowest BCUT2D eigenvalue weighted by Gasteiger charge is -2.38. The molecule has 156 valence electrons. The molecule has 0 aliphatic carbocycles. The average molecular weight is 437 g/mol. The van der Waals surface area contributed by atoms with E-state index in [-0.39, 0.29) is 31.6 Å².